The van der Waals surface area contributed by atoms with Crippen LogP contribution >= 0.6 is 0 Å². The number of rotatable bonds is 9. The molecule has 10 nitrogen and oxygen atoms in total. The van der Waals surface area contributed by atoms with Crippen LogP contribution in [0.1, 0.15) is 39.5 Å². The van der Waals surface area contributed by atoms with Crippen molar-refractivity contribution in [1.29, 1.82) is 0 Å². The van der Waals surface area contributed by atoms with Crippen LogP contribution in [0.3, 0.4) is 0 Å². The van der Waals surface area contributed by atoms with Gasteiger partial charge in [-0.05, 0) is 39.5 Å². The van der Waals surface area contributed by atoms with Crippen LogP contribution < -0.4 is 27.8 Å². The minimum atomic E-state index is -0.680. The normalized spacial score (nSPS) is 18.7. The van der Waals surface area contributed by atoms with Crippen LogP contribution in [0.4, 0.5) is 0 Å². The third kappa shape index (κ3) is 7.26. The van der Waals surface area contributed by atoms with Gasteiger partial charge in [-0.3, -0.25) is 19.4 Å². The summed E-state index contributed by atoms with van der Waals surface area (Å²) in [6.45, 7) is 4.30. The van der Waals surface area contributed by atoms with E-state index in [1.807, 2.05) is 6.92 Å². The van der Waals surface area contributed by atoms with Gasteiger partial charge in [0.2, 0.25) is 17.7 Å². The number of guanidine groups is 1. The topological polar surface area (TPSA) is 169 Å². The lowest BCUT2D eigenvalue weighted by Crippen LogP contribution is -2.51. The third-order valence-corrected chi connectivity index (χ3v) is 4.18. The molecule has 8 N–H and O–H groups in total. The van der Waals surface area contributed by atoms with E-state index in [1.54, 1.807) is 6.92 Å². The van der Waals surface area contributed by atoms with E-state index < -0.39 is 18.0 Å². The molecule has 3 amide bonds. The standard InChI is InChI=1S/C16H31N7O3/c1-10(5-3-7-20-16(18)19)22-15(26)12-6-4-8-23(12)13(24)9-21-14(25)11(2)17/h10-12H,3-9,17H2,1-2H3,(H,21,25)(H,22,26)(H4,18,19,20)/t10-,11?,12?/m1/s1. The molecule has 0 aromatic rings. The summed E-state index contributed by atoms with van der Waals surface area (Å²) < 4.78 is 0. The second-order valence-corrected chi connectivity index (χ2v) is 6.61. The number of amides is 3. The number of nitrogens with one attached hydrogen (secondary N) is 2. The van der Waals surface area contributed by atoms with Crippen molar-refractivity contribution < 1.29 is 14.4 Å². The van der Waals surface area contributed by atoms with E-state index in [9.17, 15) is 14.4 Å². The van der Waals surface area contributed by atoms with Gasteiger partial charge in [-0.25, -0.2) is 0 Å². The highest BCUT2D eigenvalue weighted by atomic mass is 16.2. The van der Waals surface area contributed by atoms with Crippen LogP contribution in [-0.4, -0.2) is 66.3 Å². The Morgan fingerprint density at radius 3 is 2.58 bits per heavy atom. The van der Waals surface area contributed by atoms with Gasteiger partial charge in [-0.2, -0.15) is 0 Å². The van der Waals surface area contributed by atoms with E-state index in [4.69, 9.17) is 17.2 Å². The maximum absolute atomic E-state index is 12.5. The van der Waals surface area contributed by atoms with Gasteiger partial charge in [0.15, 0.2) is 5.96 Å². The van der Waals surface area contributed by atoms with E-state index in [2.05, 4.69) is 15.6 Å². The number of carbonyl (C=O) groups excluding carboxylic acids is 3. The van der Waals surface area contributed by atoms with Crippen LogP contribution in [0, 0.1) is 0 Å². The average molecular weight is 369 g/mol. The Hall–Kier alpha value is -2.36. The minimum absolute atomic E-state index is 0.0490. The van der Waals surface area contributed by atoms with Crippen molar-refractivity contribution in [1.82, 2.24) is 15.5 Å². The summed E-state index contributed by atoms with van der Waals surface area (Å²) >= 11 is 0. The predicted octanol–water partition coefficient (Wildman–Crippen LogP) is -2.00. The Kier molecular flexibility index (Phi) is 8.83. The first kappa shape index (κ1) is 21.7. The molecule has 0 saturated carbocycles. The Morgan fingerprint density at radius 1 is 1.27 bits per heavy atom. The highest BCUT2D eigenvalue weighted by Crippen LogP contribution is 2.17. The first-order valence-corrected chi connectivity index (χ1v) is 8.91. The van der Waals surface area contributed by atoms with Crippen molar-refractivity contribution in [3.8, 4) is 0 Å². The van der Waals surface area contributed by atoms with Gasteiger partial charge in [0, 0.05) is 19.1 Å². The van der Waals surface area contributed by atoms with E-state index in [-0.39, 0.29) is 30.4 Å². The van der Waals surface area contributed by atoms with Crippen molar-refractivity contribution in [2.75, 3.05) is 19.6 Å². The molecule has 148 valence electrons. The molecule has 0 aliphatic carbocycles. The molecule has 0 aromatic heterocycles. The van der Waals surface area contributed by atoms with Gasteiger partial charge in [0.1, 0.15) is 6.04 Å². The van der Waals surface area contributed by atoms with Crippen LogP contribution in [0.5, 0.6) is 0 Å². The summed E-state index contributed by atoms with van der Waals surface area (Å²) in [6, 6.07) is -1.23. The number of hydrogen-bond donors (Lipinski definition) is 5. The smallest absolute Gasteiger partial charge is 0.243 e. The van der Waals surface area contributed by atoms with E-state index in [0.717, 1.165) is 19.3 Å². The minimum Gasteiger partial charge on any atom is -0.370 e. The Balaban J connectivity index is 2.45. The summed E-state index contributed by atoms with van der Waals surface area (Å²) in [6.07, 6.45) is 2.84. The van der Waals surface area contributed by atoms with Crippen LogP contribution in [0.2, 0.25) is 0 Å². The lowest BCUT2D eigenvalue weighted by Gasteiger charge is -2.25. The fraction of sp³-hybridized carbons (Fsp3) is 0.750. The molecule has 1 heterocycles. The molecule has 26 heavy (non-hydrogen) atoms. The van der Waals surface area contributed by atoms with Crippen molar-refractivity contribution in [3.05, 3.63) is 0 Å². The highest BCUT2D eigenvalue weighted by Gasteiger charge is 2.34. The summed E-state index contributed by atoms with van der Waals surface area (Å²) in [5.41, 5.74) is 16.0. The lowest BCUT2D eigenvalue weighted by molar-refractivity contribution is -0.139. The van der Waals surface area contributed by atoms with Gasteiger partial charge >= 0.3 is 0 Å². The summed E-state index contributed by atoms with van der Waals surface area (Å²) in [5, 5.41) is 5.41. The zero-order valence-electron chi connectivity index (χ0n) is 15.5. The molecule has 1 aliphatic heterocycles. The molecule has 1 aliphatic rings. The number of nitrogens with two attached hydrogens (primary N) is 3. The number of aliphatic imine (C=N–C) groups is 1. The molecule has 2 unspecified atom stereocenters. The Morgan fingerprint density at radius 2 is 1.96 bits per heavy atom. The van der Waals surface area contributed by atoms with Crippen molar-refractivity contribution in [2.24, 2.45) is 22.2 Å². The molecule has 10 heteroatoms. The molecular weight excluding hydrogens is 338 g/mol. The van der Waals surface area contributed by atoms with Crippen molar-refractivity contribution in [3.63, 3.8) is 0 Å². The second kappa shape index (κ2) is 10.6. The SMILES string of the molecule is CC(N)C(=O)NCC(=O)N1CCCC1C(=O)N[C@H](C)CCCN=C(N)N. The maximum Gasteiger partial charge on any atom is 0.243 e. The first-order chi connectivity index (χ1) is 12.2. The molecule has 1 rings (SSSR count). The van der Waals surface area contributed by atoms with Gasteiger partial charge in [-0.1, -0.05) is 0 Å². The van der Waals surface area contributed by atoms with Gasteiger partial charge in [0.25, 0.3) is 0 Å². The monoisotopic (exact) mass is 369 g/mol. The van der Waals surface area contributed by atoms with Crippen LogP contribution in [0.25, 0.3) is 0 Å². The summed E-state index contributed by atoms with van der Waals surface area (Å²) in [4.78, 5) is 41.7. The zero-order chi connectivity index (χ0) is 19.7. The number of hydrogen-bond acceptors (Lipinski definition) is 5. The zero-order valence-corrected chi connectivity index (χ0v) is 15.5. The Labute approximate surface area is 153 Å². The molecule has 1 saturated heterocycles. The second-order valence-electron chi connectivity index (χ2n) is 6.61. The van der Waals surface area contributed by atoms with Crippen LogP contribution in [0.15, 0.2) is 4.99 Å². The van der Waals surface area contributed by atoms with E-state index in [1.165, 1.54) is 4.90 Å². The van der Waals surface area contributed by atoms with Gasteiger partial charge < -0.3 is 32.7 Å². The molecule has 0 radical (unpaired) electrons. The predicted molar refractivity (Wildman–Crippen MR) is 98.9 cm³/mol. The van der Waals surface area contributed by atoms with Crippen molar-refractivity contribution in [2.45, 2.75) is 57.7 Å². The summed E-state index contributed by atoms with van der Waals surface area (Å²) in [5.74, 6) is -0.799. The molecule has 0 bridgehead atoms. The first-order valence-electron chi connectivity index (χ1n) is 8.91. The molecule has 0 spiro atoms. The molecular formula is C16H31N7O3. The maximum atomic E-state index is 12.5. The largest absolute Gasteiger partial charge is 0.370 e. The highest BCUT2D eigenvalue weighted by molar-refractivity contribution is 5.91. The number of nitrogens with zero attached hydrogens (tertiary/aromatic N) is 2. The van der Waals surface area contributed by atoms with E-state index >= 15 is 0 Å². The molecule has 0 aromatic carbocycles. The average Bonchev–Trinajstić information content (AvgIpc) is 3.05. The fourth-order valence-corrected chi connectivity index (χ4v) is 2.78. The van der Waals surface area contributed by atoms with E-state index in [0.29, 0.717) is 19.5 Å². The third-order valence-electron chi connectivity index (χ3n) is 4.18. The molecule has 3 atom stereocenters. The number of carbonyl (C=O) groups is 3. The molecule has 1 fully saturated rings. The lowest BCUT2D eigenvalue weighted by atomic mass is 10.1. The van der Waals surface area contributed by atoms with Gasteiger partial charge in [0.05, 0.1) is 12.6 Å². The summed E-state index contributed by atoms with van der Waals surface area (Å²) in [7, 11) is 0. The Bertz CT molecular complexity index is 532. The van der Waals surface area contributed by atoms with Crippen LogP contribution in [-0.2, 0) is 14.4 Å². The van der Waals surface area contributed by atoms with Gasteiger partial charge in [-0.15, -0.1) is 0 Å². The number of likely N-dealkylation sites (tertiary alicyclic amines) is 1. The fourth-order valence-electron chi connectivity index (χ4n) is 2.78. The quantitative estimate of drug-likeness (QED) is 0.179. The van der Waals surface area contributed by atoms with Crippen molar-refractivity contribution >= 4 is 23.7 Å².